The topological polar surface area (TPSA) is 80.9 Å². The first-order valence-corrected chi connectivity index (χ1v) is 10.4. The molecule has 3 unspecified atom stereocenters. The molecule has 0 saturated heterocycles. The van der Waals surface area contributed by atoms with Gasteiger partial charge in [-0.3, -0.25) is 0 Å². The molecule has 3 atom stereocenters. The fraction of sp³-hybridized carbons (Fsp3) is 0.478. The van der Waals surface area contributed by atoms with Gasteiger partial charge < -0.3 is 20.4 Å². The van der Waals surface area contributed by atoms with Crippen molar-refractivity contribution in [1.29, 1.82) is 0 Å². The fourth-order valence-electron chi connectivity index (χ4n) is 4.24. The van der Waals surface area contributed by atoms with Gasteiger partial charge in [0.05, 0.1) is 6.10 Å². The summed E-state index contributed by atoms with van der Waals surface area (Å²) in [5.41, 5.74) is 2.64. The Morgan fingerprint density at radius 3 is 2.39 bits per heavy atom. The summed E-state index contributed by atoms with van der Waals surface area (Å²) in [6.45, 7) is 2.15. The molecule has 1 fully saturated rings. The lowest BCUT2D eigenvalue weighted by atomic mass is 9.76. The highest BCUT2D eigenvalue weighted by molar-refractivity contribution is 6.31. The van der Waals surface area contributed by atoms with Gasteiger partial charge in [0, 0.05) is 22.8 Å². The van der Waals surface area contributed by atoms with Crippen LogP contribution < -0.4 is 0 Å². The Hall–Kier alpha value is -1.43. The van der Waals surface area contributed by atoms with Gasteiger partial charge >= 0.3 is 0 Å². The number of aryl methyl sites for hydroxylation is 1. The van der Waals surface area contributed by atoms with Crippen molar-refractivity contribution >= 4 is 11.6 Å². The van der Waals surface area contributed by atoms with Crippen molar-refractivity contribution in [2.75, 3.05) is 6.61 Å². The van der Waals surface area contributed by atoms with E-state index in [4.69, 9.17) is 11.6 Å². The summed E-state index contributed by atoms with van der Waals surface area (Å²) in [5, 5.41) is 41.7. The number of halogens is 1. The first-order valence-electron chi connectivity index (χ1n) is 9.98. The summed E-state index contributed by atoms with van der Waals surface area (Å²) < 4.78 is 0. The Labute approximate surface area is 171 Å². The SMILES string of the molecule is CCCc1ccc(C(O)(O)c2cc(C3CC(O)CC(CO)C3)ccc2Cl)cc1. The van der Waals surface area contributed by atoms with Gasteiger partial charge in [0.1, 0.15) is 0 Å². The van der Waals surface area contributed by atoms with Crippen molar-refractivity contribution in [3.05, 3.63) is 69.7 Å². The van der Waals surface area contributed by atoms with Gasteiger partial charge in [0.25, 0.3) is 0 Å². The van der Waals surface area contributed by atoms with Gasteiger partial charge in [-0.05, 0) is 60.8 Å². The van der Waals surface area contributed by atoms with Crippen LogP contribution in [-0.4, -0.2) is 33.1 Å². The first-order chi connectivity index (χ1) is 13.3. The number of hydrogen-bond donors (Lipinski definition) is 4. The fourth-order valence-corrected chi connectivity index (χ4v) is 4.49. The second-order valence-corrected chi connectivity index (χ2v) is 8.37. The molecule has 0 aromatic heterocycles. The molecule has 1 aliphatic rings. The molecule has 0 radical (unpaired) electrons. The lowest BCUT2D eigenvalue weighted by molar-refractivity contribution is -0.132. The Morgan fingerprint density at radius 2 is 1.75 bits per heavy atom. The van der Waals surface area contributed by atoms with Crippen LogP contribution in [0.2, 0.25) is 5.02 Å². The summed E-state index contributed by atoms with van der Waals surface area (Å²) in [6.07, 6.45) is 3.45. The molecule has 0 aliphatic heterocycles. The van der Waals surface area contributed by atoms with Crippen molar-refractivity contribution in [2.45, 2.75) is 56.8 Å². The minimum Gasteiger partial charge on any atom is -0.396 e. The zero-order valence-corrected chi connectivity index (χ0v) is 16.9. The molecule has 5 heteroatoms. The van der Waals surface area contributed by atoms with Crippen molar-refractivity contribution in [1.82, 2.24) is 0 Å². The van der Waals surface area contributed by atoms with E-state index in [1.807, 2.05) is 18.2 Å². The standard InChI is InChI=1S/C23H29ClO4/c1-2-3-15-4-7-19(8-5-15)23(27,28)21-13-17(6-9-22(21)24)18-10-16(14-25)11-20(26)12-18/h4-9,13,16,18,20,25-28H,2-3,10-12,14H2,1H3. The molecule has 0 bridgehead atoms. The number of benzene rings is 2. The van der Waals surface area contributed by atoms with Gasteiger partial charge in [0.15, 0.2) is 0 Å². The molecule has 2 aromatic rings. The van der Waals surface area contributed by atoms with E-state index >= 15 is 0 Å². The minimum atomic E-state index is -2.21. The second kappa shape index (κ2) is 8.93. The maximum atomic E-state index is 10.9. The van der Waals surface area contributed by atoms with Gasteiger partial charge in [-0.2, -0.15) is 0 Å². The maximum Gasteiger partial charge on any atom is 0.218 e. The normalized spacial score (nSPS) is 23.0. The average Bonchev–Trinajstić information content (AvgIpc) is 2.68. The predicted molar refractivity (Wildman–Crippen MR) is 110 cm³/mol. The van der Waals surface area contributed by atoms with Gasteiger partial charge in [-0.25, -0.2) is 0 Å². The number of aliphatic hydroxyl groups is 4. The molecular formula is C23H29ClO4. The third-order valence-corrected chi connectivity index (χ3v) is 6.10. The van der Waals surface area contributed by atoms with Crippen LogP contribution in [0.4, 0.5) is 0 Å². The average molecular weight is 405 g/mol. The van der Waals surface area contributed by atoms with E-state index in [0.717, 1.165) is 30.4 Å². The quantitative estimate of drug-likeness (QED) is 0.553. The van der Waals surface area contributed by atoms with Gasteiger partial charge in [0.2, 0.25) is 5.79 Å². The van der Waals surface area contributed by atoms with Crippen LogP contribution in [0, 0.1) is 5.92 Å². The lowest BCUT2D eigenvalue weighted by Crippen LogP contribution is -2.29. The highest BCUT2D eigenvalue weighted by atomic mass is 35.5. The van der Waals surface area contributed by atoms with E-state index in [1.165, 1.54) is 0 Å². The van der Waals surface area contributed by atoms with Crippen molar-refractivity contribution in [2.24, 2.45) is 5.92 Å². The number of rotatable bonds is 6. The van der Waals surface area contributed by atoms with Crippen LogP contribution in [0.5, 0.6) is 0 Å². The monoisotopic (exact) mass is 404 g/mol. The Balaban J connectivity index is 1.91. The number of hydrogen-bond acceptors (Lipinski definition) is 4. The largest absolute Gasteiger partial charge is 0.396 e. The van der Waals surface area contributed by atoms with Crippen LogP contribution in [0.25, 0.3) is 0 Å². The first kappa shape index (κ1) is 21.3. The molecule has 0 amide bonds. The predicted octanol–water partition coefficient (Wildman–Crippen LogP) is 3.72. The Kier molecular flexibility index (Phi) is 6.79. The van der Waals surface area contributed by atoms with Crippen LogP contribution in [0.1, 0.15) is 60.8 Å². The number of aliphatic hydroxyl groups excluding tert-OH is 2. The summed E-state index contributed by atoms with van der Waals surface area (Å²) in [7, 11) is 0. The minimum absolute atomic E-state index is 0.0413. The van der Waals surface area contributed by atoms with Crippen molar-refractivity contribution in [3.63, 3.8) is 0 Å². The summed E-state index contributed by atoms with van der Waals surface area (Å²) >= 11 is 6.33. The van der Waals surface area contributed by atoms with Gasteiger partial charge in [-0.1, -0.05) is 55.3 Å². The van der Waals surface area contributed by atoms with Crippen molar-refractivity contribution < 1.29 is 20.4 Å². The van der Waals surface area contributed by atoms with E-state index in [2.05, 4.69) is 6.92 Å². The Bertz CT molecular complexity index is 788. The molecule has 0 heterocycles. The van der Waals surface area contributed by atoms with E-state index in [0.29, 0.717) is 18.4 Å². The molecule has 1 aliphatic carbocycles. The molecular weight excluding hydrogens is 376 g/mol. The molecule has 4 N–H and O–H groups in total. The molecule has 1 saturated carbocycles. The summed E-state index contributed by atoms with van der Waals surface area (Å²) in [6, 6.07) is 12.5. The molecule has 0 spiro atoms. The zero-order valence-electron chi connectivity index (χ0n) is 16.2. The summed E-state index contributed by atoms with van der Waals surface area (Å²) in [4.78, 5) is 0. The van der Waals surface area contributed by atoms with E-state index in [-0.39, 0.29) is 29.0 Å². The third-order valence-electron chi connectivity index (χ3n) is 5.77. The highest BCUT2D eigenvalue weighted by Crippen LogP contribution is 2.40. The van der Waals surface area contributed by atoms with Gasteiger partial charge in [-0.15, -0.1) is 0 Å². The summed E-state index contributed by atoms with van der Waals surface area (Å²) in [5.74, 6) is -2.12. The Morgan fingerprint density at radius 1 is 1.04 bits per heavy atom. The smallest absolute Gasteiger partial charge is 0.218 e. The highest BCUT2D eigenvalue weighted by Gasteiger charge is 2.33. The van der Waals surface area contributed by atoms with E-state index < -0.39 is 11.9 Å². The maximum absolute atomic E-state index is 10.9. The van der Waals surface area contributed by atoms with Crippen LogP contribution >= 0.6 is 11.6 Å². The molecule has 3 rings (SSSR count). The molecule has 152 valence electrons. The molecule has 28 heavy (non-hydrogen) atoms. The third kappa shape index (κ3) is 4.58. The lowest BCUT2D eigenvalue weighted by Gasteiger charge is -2.33. The van der Waals surface area contributed by atoms with Crippen LogP contribution in [-0.2, 0) is 12.2 Å². The van der Waals surface area contributed by atoms with E-state index in [1.54, 1.807) is 24.3 Å². The molecule has 2 aromatic carbocycles. The van der Waals surface area contributed by atoms with Crippen molar-refractivity contribution in [3.8, 4) is 0 Å². The van der Waals surface area contributed by atoms with Crippen LogP contribution in [0.15, 0.2) is 42.5 Å². The van der Waals surface area contributed by atoms with Crippen LogP contribution in [0.3, 0.4) is 0 Å². The second-order valence-electron chi connectivity index (χ2n) is 7.96. The zero-order chi connectivity index (χ0) is 20.3. The molecule has 4 nitrogen and oxygen atoms in total. The van der Waals surface area contributed by atoms with E-state index in [9.17, 15) is 20.4 Å².